The monoisotopic (exact) mass is 223 g/mol. The van der Waals surface area contributed by atoms with E-state index in [1.165, 1.54) is 0 Å². The lowest BCUT2D eigenvalue weighted by atomic mass is 10.0. The Morgan fingerprint density at radius 3 is 1.79 bits per heavy atom. The Morgan fingerprint density at radius 2 is 1.71 bits per heavy atom. The summed E-state index contributed by atoms with van der Waals surface area (Å²) < 4.78 is 0.683. The Bertz CT molecular complexity index is 197. The van der Waals surface area contributed by atoms with Crippen molar-refractivity contribution in [3.05, 3.63) is 12.2 Å². The van der Waals surface area contributed by atoms with Crippen molar-refractivity contribution in [2.75, 3.05) is 21.1 Å². The maximum Gasteiger partial charge on any atom is 0.215 e. The summed E-state index contributed by atoms with van der Waals surface area (Å²) in [5.74, 6) is 0.185. The third-order valence-electron chi connectivity index (χ3n) is 2.04. The number of hydrogen-bond acceptors (Lipinski definition) is 2. The first kappa shape index (κ1) is 19.2. The van der Waals surface area contributed by atoms with Crippen LogP contribution in [0.2, 0.25) is 0 Å². The van der Waals surface area contributed by atoms with Crippen molar-refractivity contribution in [2.24, 2.45) is 0 Å². The topological polar surface area (TPSA) is 52.1 Å². The van der Waals surface area contributed by atoms with Gasteiger partial charge in [-0.3, -0.25) is 4.79 Å². The number of likely N-dealkylation sites (N-methyl/N-ethyl adjacent to an activating group) is 1. The summed E-state index contributed by atoms with van der Waals surface area (Å²) in [6.07, 6.45) is 0.870. The summed E-state index contributed by atoms with van der Waals surface area (Å²) in [4.78, 5) is 11.6. The number of carbonyl (C=O) groups is 1. The van der Waals surface area contributed by atoms with E-state index >= 15 is 0 Å². The Labute approximate surface area is 93.8 Å². The molecule has 3 nitrogen and oxygen atoms in total. The molecule has 0 radical (unpaired) electrons. The van der Waals surface area contributed by atoms with Crippen molar-refractivity contribution in [3.63, 3.8) is 0 Å². The van der Waals surface area contributed by atoms with E-state index in [4.69, 9.17) is 0 Å². The Hall–Kier alpha value is -0.380. The van der Waals surface area contributed by atoms with Gasteiger partial charge in [-0.25, -0.2) is 0 Å². The molecule has 0 saturated carbocycles. The highest BCUT2D eigenvalue weighted by atomic mass is 35.5. The predicted octanol–water partition coefficient (Wildman–Crippen LogP) is 2.20. The summed E-state index contributed by atoms with van der Waals surface area (Å²) in [6, 6.07) is 0.0579. The highest BCUT2D eigenvalue weighted by Crippen LogP contribution is 2.11. The molecule has 0 spiro atoms. The Morgan fingerprint density at radius 1 is 1.36 bits per heavy atom. The van der Waals surface area contributed by atoms with Gasteiger partial charge in [-0.1, -0.05) is 13.5 Å². The molecule has 0 heterocycles. The van der Waals surface area contributed by atoms with E-state index in [2.05, 4.69) is 6.58 Å². The minimum absolute atomic E-state index is 0. The summed E-state index contributed by atoms with van der Waals surface area (Å²) >= 11 is 0. The standard InChI is InChI=1S/C10H20NO.ClH.H3N/c1-7-9(11(4,5)6)10(12)8(2)3;;/h9H,2,7H2,1,3-6H3;1H;1H3/q+1;;. The second-order valence-electron chi connectivity index (χ2n) is 4.18. The van der Waals surface area contributed by atoms with Crippen molar-refractivity contribution >= 4 is 18.2 Å². The van der Waals surface area contributed by atoms with Gasteiger partial charge in [0.1, 0.15) is 0 Å². The predicted molar refractivity (Wildman–Crippen MR) is 64.2 cm³/mol. The summed E-state index contributed by atoms with van der Waals surface area (Å²) in [5, 5.41) is 0. The quantitative estimate of drug-likeness (QED) is 0.587. The summed E-state index contributed by atoms with van der Waals surface area (Å²) in [5.41, 5.74) is 0.662. The highest BCUT2D eigenvalue weighted by molar-refractivity contribution is 5.97. The molecule has 1 unspecified atom stereocenters. The molecular formula is C10H24ClN2O+. The molecule has 0 aliphatic rings. The minimum Gasteiger partial charge on any atom is -0.344 e. The van der Waals surface area contributed by atoms with Gasteiger partial charge in [0, 0.05) is 6.42 Å². The fourth-order valence-electron chi connectivity index (χ4n) is 1.37. The van der Waals surface area contributed by atoms with E-state index in [-0.39, 0.29) is 30.4 Å². The first-order valence-electron chi connectivity index (χ1n) is 4.31. The van der Waals surface area contributed by atoms with Crippen LogP contribution in [0.5, 0.6) is 0 Å². The number of nitrogens with zero attached hydrogens (tertiary/aromatic N) is 1. The lowest BCUT2D eigenvalue weighted by molar-refractivity contribution is -0.886. The van der Waals surface area contributed by atoms with E-state index < -0.39 is 0 Å². The molecule has 0 aromatic heterocycles. The van der Waals surface area contributed by atoms with Crippen LogP contribution < -0.4 is 6.15 Å². The molecule has 0 aliphatic heterocycles. The number of Topliss-reactive ketones (excluding diaryl/α,β-unsaturated/α-hetero) is 1. The van der Waals surface area contributed by atoms with Crippen LogP contribution in [0.3, 0.4) is 0 Å². The number of rotatable bonds is 4. The van der Waals surface area contributed by atoms with Crippen LogP contribution in [0, 0.1) is 0 Å². The first-order chi connectivity index (χ1) is 5.30. The molecule has 0 bridgehead atoms. The van der Waals surface area contributed by atoms with Gasteiger partial charge in [0.2, 0.25) is 5.78 Å². The van der Waals surface area contributed by atoms with E-state index in [1.807, 2.05) is 28.1 Å². The van der Waals surface area contributed by atoms with E-state index in [9.17, 15) is 4.79 Å². The average molecular weight is 224 g/mol. The molecule has 0 rings (SSSR count). The van der Waals surface area contributed by atoms with Crippen molar-refractivity contribution < 1.29 is 9.28 Å². The maximum absolute atomic E-state index is 11.6. The van der Waals surface area contributed by atoms with Gasteiger partial charge in [-0.2, -0.15) is 0 Å². The highest BCUT2D eigenvalue weighted by Gasteiger charge is 2.29. The fourth-order valence-corrected chi connectivity index (χ4v) is 1.37. The smallest absolute Gasteiger partial charge is 0.215 e. The molecule has 0 aliphatic carbocycles. The third-order valence-corrected chi connectivity index (χ3v) is 2.04. The Balaban J connectivity index is -0.000000605. The summed E-state index contributed by atoms with van der Waals surface area (Å²) in [7, 11) is 6.11. The summed E-state index contributed by atoms with van der Waals surface area (Å²) in [6.45, 7) is 7.49. The van der Waals surface area contributed by atoms with Gasteiger partial charge in [0.25, 0.3) is 0 Å². The van der Waals surface area contributed by atoms with Gasteiger partial charge in [0.15, 0.2) is 6.04 Å². The third kappa shape index (κ3) is 5.37. The maximum atomic E-state index is 11.6. The van der Waals surface area contributed by atoms with Crippen LogP contribution in [0.25, 0.3) is 0 Å². The van der Waals surface area contributed by atoms with Crippen LogP contribution in [-0.4, -0.2) is 37.5 Å². The molecule has 1 atom stereocenters. The van der Waals surface area contributed by atoms with Crippen LogP contribution >= 0.6 is 12.4 Å². The van der Waals surface area contributed by atoms with Crippen LogP contribution in [0.15, 0.2) is 12.2 Å². The Kier molecular flexibility index (Phi) is 9.59. The lowest BCUT2D eigenvalue weighted by Gasteiger charge is -2.32. The zero-order valence-corrected chi connectivity index (χ0v) is 10.8. The molecule has 0 fully saturated rings. The van der Waals surface area contributed by atoms with Gasteiger partial charge < -0.3 is 10.6 Å². The molecule has 3 N–H and O–H groups in total. The van der Waals surface area contributed by atoms with Crippen molar-refractivity contribution in [3.8, 4) is 0 Å². The normalized spacial score (nSPS) is 12.1. The molecule has 86 valence electrons. The van der Waals surface area contributed by atoms with Gasteiger partial charge in [-0.15, -0.1) is 12.4 Å². The molecule has 0 amide bonds. The second kappa shape index (κ2) is 6.98. The van der Waals surface area contributed by atoms with Crippen molar-refractivity contribution in [2.45, 2.75) is 26.3 Å². The second-order valence-corrected chi connectivity index (χ2v) is 4.18. The molecule has 0 aromatic rings. The van der Waals surface area contributed by atoms with Gasteiger partial charge in [-0.05, 0) is 12.5 Å². The number of ketones is 1. The molecular weight excluding hydrogens is 200 g/mol. The van der Waals surface area contributed by atoms with Crippen LogP contribution in [-0.2, 0) is 4.79 Å². The first-order valence-corrected chi connectivity index (χ1v) is 4.31. The zero-order valence-electron chi connectivity index (χ0n) is 9.96. The zero-order chi connectivity index (χ0) is 9.94. The van der Waals surface area contributed by atoms with Crippen molar-refractivity contribution in [1.29, 1.82) is 0 Å². The SMILES string of the molecule is C=C(C)C(=O)C(CC)[N+](C)(C)C.Cl.N. The number of halogens is 1. The number of carbonyl (C=O) groups excluding carboxylic acids is 1. The average Bonchev–Trinajstić information content (AvgIpc) is 1.85. The van der Waals surface area contributed by atoms with E-state index in [0.717, 1.165) is 6.42 Å². The molecule has 0 saturated heterocycles. The van der Waals surface area contributed by atoms with Crippen LogP contribution in [0.1, 0.15) is 20.3 Å². The number of quaternary nitrogens is 1. The molecule has 14 heavy (non-hydrogen) atoms. The van der Waals surface area contributed by atoms with Crippen LogP contribution in [0.4, 0.5) is 0 Å². The fraction of sp³-hybridized carbons (Fsp3) is 0.700. The van der Waals surface area contributed by atoms with Gasteiger partial charge in [0.05, 0.1) is 21.1 Å². The van der Waals surface area contributed by atoms with Crippen molar-refractivity contribution in [1.82, 2.24) is 6.15 Å². The number of hydrogen-bond donors (Lipinski definition) is 1. The lowest BCUT2D eigenvalue weighted by Crippen LogP contribution is -2.49. The van der Waals surface area contributed by atoms with E-state index in [0.29, 0.717) is 10.1 Å². The van der Waals surface area contributed by atoms with Gasteiger partial charge >= 0.3 is 0 Å². The van der Waals surface area contributed by atoms with E-state index in [1.54, 1.807) is 6.92 Å². The largest absolute Gasteiger partial charge is 0.344 e. The minimum atomic E-state index is 0. The molecule has 0 aromatic carbocycles. The molecule has 4 heteroatoms.